The Hall–Kier alpha value is -0.146. The summed E-state index contributed by atoms with van der Waals surface area (Å²) in [4.78, 5) is 0. The molecule has 0 aliphatic heterocycles. The summed E-state index contributed by atoms with van der Waals surface area (Å²) in [5, 5.41) is 0. The molecule has 0 spiro atoms. The molecule has 14 heavy (non-hydrogen) atoms. The van der Waals surface area contributed by atoms with Crippen LogP contribution in [0, 0.1) is 0 Å². The molecule has 0 aromatic heterocycles. The van der Waals surface area contributed by atoms with Gasteiger partial charge in [0.2, 0.25) is 0 Å². The van der Waals surface area contributed by atoms with E-state index in [1.807, 2.05) is 0 Å². The van der Waals surface area contributed by atoms with E-state index in [0.29, 0.717) is 7.05 Å². The molecular weight excluding hydrogens is 266 g/mol. The summed E-state index contributed by atoms with van der Waals surface area (Å²) in [7, 11) is 0. The molecule has 0 aliphatic carbocycles. The van der Waals surface area contributed by atoms with Crippen molar-refractivity contribution in [3.05, 3.63) is 0 Å². The van der Waals surface area contributed by atoms with Crippen molar-refractivity contribution in [3.63, 3.8) is 0 Å². The van der Waals surface area contributed by atoms with E-state index in [1.54, 1.807) is 0 Å². The summed E-state index contributed by atoms with van der Waals surface area (Å²) in [5.41, 5.74) is 0. The van der Waals surface area contributed by atoms with E-state index in [0.717, 1.165) is 0 Å². The summed E-state index contributed by atoms with van der Waals surface area (Å²) in [6, 6.07) is 0. The zero-order valence-corrected chi connectivity index (χ0v) is 9.55. The van der Waals surface area contributed by atoms with Crippen molar-refractivity contribution < 1.29 is 47.4 Å². The molecule has 0 aliphatic rings. The number of quaternary nitrogens is 4. The molecule has 0 heterocycles. The summed E-state index contributed by atoms with van der Waals surface area (Å²) in [6.45, 7) is 0. The van der Waals surface area contributed by atoms with Crippen LogP contribution in [0.3, 0.4) is 0 Å². The van der Waals surface area contributed by atoms with Crippen molar-refractivity contribution >= 4 is 0 Å². The van der Waals surface area contributed by atoms with Crippen molar-refractivity contribution in [2.45, 2.75) is 0 Å². The molecule has 0 bridgehead atoms. The van der Waals surface area contributed by atoms with E-state index < -0.39 is 15.6 Å². The second kappa shape index (κ2) is 3.46. The Labute approximate surface area is 72.8 Å². The fraction of sp³-hybridized carbons (Fsp3) is 0. The maximum absolute atomic E-state index is 12.4. The van der Waals surface area contributed by atoms with Gasteiger partial charge >= 0.3 is 47.4 Å². The molecule has 0 radical (unpaired) electrons. The van der Waals surface area contributed by atoms with Gasteiger partial charge in [0.1, 0.15) is 0 Å². The van der Waals surface area contributed by atoms with Crippen molar-refractivity contribution in [1.82, 2.24) is 24.6 Å². The molecule has 100 valence electrons. The van der Waals surface area contributed by atoms with Crippen LogP contribution in [0.5, 0.6) is 0 Å². The Morgan fingerprint density at radius 2 is 0.857 bits per heavy atom. The third-order valence-corrected chi connectivity index (χ3v) is 1.48. The van der Waals surface area contributed by atoms with E-state index >= 15 is 0 Å². The molecule has 7 nitrogen and oxygen atoms in total. The zero-order chi connectivity index (χ0) is 8.79. The van der Waals surface area contributed by atoms with Crippen LogP contribution in [0.2, 0.25) is 0 Å². The Kier molecular flexibility index (Phi) is 7.21. The van der Waals surface area contributed by atoms with Crippen LogP contribution in [0.4, 0.5) is 21.4 Å². The molecule has 0 saturated carbocycles. The third-order valence-electron chi connectivity index (χ3n) is 0.359. The molecule has 0 amide bonds. The van der Waals surface area contributed by atoms with E-state index in [4.69, 9.17) is 3.32 Å². The molecule has 0 aromatic carbocycles. The Morgan fingerprint density at radius 1 is 0.714 bits per heavy atom. The maximum atomic E-state index is 11.0. The van der Waals surface area contributed by atoms with Gasteiger partial charge in [-0.3, -0.25) is 0 Å². The summed E-state index contributed by atoms with van der Waals surface area (Å²) in [6.07, 6.45) is 0. The van der Waals surface area contributed by atoms with Gasteiger partial charge in [0, 0.05) is 0 Å². The number of rotatable bonds is 2. The molecule has 0 unspecified atom stereocenters. The van der Waals surface area contributed by atoms with Crippen LogP contribution in [0.25, 0.3) is 0 Å². The zero-order valence-electron chi connectivity index (χ0n) is 7.99. The van der Waals surface area contributed by atoms with Gasteiger partial charge in [0.05, 0.1) is 0 Å². The van der Waals surface area contributed by atoms with Crippen molar-refractivity contribution in [3.8, 4) is 0 Å². The average Bonchev–Trinajstić information content (AvgIpc) is 1.66. The summed E-state index contributed by atoms with van der Waals surface area (Å²) in [5.74, 6) is 0. The first-order valence-corrected chi connectivity index (χ1v) is 5.95. The van der Waals surface area contributed by atoms with Gasteiger partial charge in [-0.05, 0) is 0 Å². The second-order valence-corrected chi connectivity index (χ2v) is 7.25. The van der Waals surface area contributed by atoms with Gasteiger partial charge in [-0.15, -0.1) is 0 Å². The Bertz CT molecular complexity index is 246. The first kappa shape index (κ1) is 29.2. The van der Waals surface area contributed by atoms with Gasteiger partial charge < -0.3 is 24.6 Å². The summed E-state index contributed by atoms with van der Waals surface area (Å²) >= 11 is -12.4. The Morgan fingerprint density at radius 3 is 0.857 bits per heavy atom. The van der Waals surface area contributed by atoms with E-state index in [2.05, 4.69) is 0 Å². The van der Waals surface area contributed by atoms with E-state index in [9.17, 15) is 21.4 Å². The first-order valence-electron chi connectivity index (χ1n) is 1.68. The molecular formula is H16F6N4O3Ti. The minimum absolute atomic E-state index is 0. The van der Waals surface area contributed by atoms with E-state index in [1.165, 1.54) is 0 Å². The fourth-order valence-corrected chi connectivity index (χ4v) is 0.0491. The topological polar surface area (TPSA) is 182 Å². The molecule has 0 aromatic rings. The van der Waals surface area contributed by atoms with Gasteiger partial charge in [0.15, 0.2) is 0 Å². The number of halogens is 6. The van der Waals surface area contributed by atoms with Crippen LogP contribution < -0.4 is 24.6 Å². The van der Waals surface area contributed by atoms with Gasteiger partial charge in [-0.1, -0.05) is 0 Å². The average molecular weight is 282 g/mol. The van der Waals surface area contributed by atoms with E-state index in [-0.39, 0.29) is 24.6 Å². The Balaban J connectivity index is -0.0000000675. The van der Waals surface area contributed by atoms with Gasteiger partial charge in [-0.2, -0.15) is 0 Å². The first-order chi connectivity index (χ1) is 3.84. The quantitative estimate of drug-likeness (QED) is 0.444. The SMILES string of the molecule is [NH4+].[NH4+].[NH4+].[NH4+].[O]=[Ti-4]([F])([F])([F])([F])([O]F)[O]F. The van der Waals surface area contributed by atoms with Crippen LogP contribution in [0.1, 0.15) is 0 Å². The summed E-state index contributed by atoms with van der Waals surface area (Å²) < 4.78 is 74.7. The molecule has 0 fully saturated rings. The van der Waals surface area contributed by atoms with Crippen LogP contribution in [-0.2, 0) is 26.0 Å². The van der Waals surface area contributed by atoms with Crippen LogP contribution in [-0.4, -0.2) is 0 Å². The molecule has 16 N–H and O–H groups in total. The number of hydrogen-bond donors (Lipinski definition) is 4. The molecule has 0 rings (SSSR count). The second-order valence-electron chi connectivity index (χ2n) is 1.76. The standard InChI is InChI=1S/2FO.4FH.4H3N.O.Ti/c2*1-2;;;;;;;;;;/h;;4*1H;4*1H3;;/q2*-1;;;;;;;;;;+2. The monoisotopic (exact) mass is 282 g/mol. The third kappa shape index (κ3) is 9.94. The molecule has 14 heteroatoms. The predicted molar refractivity (Wildman–Crippen MR) is 33.4 cm³/mol. The predicted octanol–water partition coefficient (Wildman–Crippen LogP) is 3.77. The molecule has 0 atom stereocenters. The minimum atomic E-state index is -12.4. The number of hydrogen-bond acceptors (Lipinski definition) is 3. The van der Waals surface area contributed by atoms with Gasteiger partial charge in [0.25, 0.3) is 0 Å². The molecule has 0 saturated heterocycles. The van der Waals surface area contributed by atoms with Crippen molar-refractivity contribution in [1.29, 1.82) is 0 Å². The van der Waals surface area contributed by atoms with Crippen LogP contribution >= 0.6 is 0 Å². The van der Waals surface area contributed by atoms with Crippen LogP contribution in [0.15, 0.2) is 0 Å². The van der Waals surface area contributed by atoms with Crippen molar-refractivity contribution in [2.24, 2.45) is 0 Å². The van der Waals surface area contributed by atoms with Gasteiger partial charge in [-0.25, -0.2) is 0 Å². The van der Waals surface area contributed by atoms with Crippen molar-refractivity contribution in [2.75, 3.05) is 0 Å². The normalized spacial score (nSPS) is 17.1. The fourth-order valence-electron chi connectivity index (χ4n) is 0.0119.